The van der Waals surface area contributed by atoms with Crippen LogP contribution in [-0.2, 0) is 23.0 Å². The SMILES string of the molecule is COC(=O)[C@H](Cc1ccccc1)NC(=O)c1ccc[n+](C)c1.O.[I-]. The molecule has 0 bridgehead atoms. The predicted octanol–water partition coefficient (Wildman–Crippen LogP) is -2.80. The number of nitrogens with one attached hydrogen (secondary N) is 1. The van der Waals surface area contributed by atoms with Crippen molar-refractivity contribution in [2.24, 2.45) is 7.05 Å². The Morgan fingerprint density at radius 1 is 1.17 bits per heavy atom. The first kappa shape index (κ1) is 22.0. The van der Waals surface area contributed by atoms with E-state index in [2.05, 4.69) is 5.32 Å². The first-order chi connectivity index (χ1) is 10.6. The van der Waals surface area contributed by atoms with Gasteiger partial charge in [0, 0.05) is 12.5 Å². The van der Waals surface area contributed by atoms with Gasteiger partial charge in [0.05, 0.1) is 7.11 Å². The first-order valence-corrected chi connectivity index (χ1v) is 6.98. The number of hydrogen-bond acceptors (Lipinski definition) is 3. The zero-order valence-corrected chi connectivity index (χ0v) is 15.7. The average Bonchev–Trinajstić information content (AvgIpc) is 2.54. The van der Waals surface area contributed by atoms with E-state index in [9.17, 15) is 9.59 Å². The van der Waals surface area contributed by atoms with Gasteiger partial charge in [-0.1, -0.05) is 30.3 Å². The molecule has 1 heterocycles. The highest BCUT2D eigenvalue weighted by atomic mass is 127. The summed E-state index contributed by atoms with van der Waals surface area (Å²) in [5, 5.41) is 2.73. The standard InChI is InChI=1S/C17H18N2O3.HI.H2O/c1-19-10-6-9-14(12-19)16(20)18-15(17(21)22-2)11-13-7-4-3-5-8-13;;/h3-10,12,15H,11H2,1-2H3;1H;1H2/t15-;;/m0../s1. The fourth-order valence-electron chi connectivity index (χ4n) is 2.15. The number of esters is 1. The summed E-state index contributed by atoms with van der Waals surface area (Å²) >= 11 is 0. The van der Waals surface area contributed by atoms with Crippen LogP contribution in [0, 0.1) is 0 Å². The third kappa shape index (κ3) is 6.25. The molecule has 1 aromatic carbocycles. The zero-order chi connectivity index (χ0) is 15.9. The van der Waals surface area contributed by atoms with Crippen molar-refractivity contribution in [2.45, 2.75) is 12.5 Å². The number of nitrogens with zero attached hydrogens (tertiary/aromatic N) is 1. The van der Waals surface area contributed by atoms with Crippen molar-refractivity contribution in [3.8, 4) is 0 Å². The molecule has 0 saturated carbocycles. The van der Waals surface area contributed by atoms with Crippen LogP contribution >= 0.6 is 0 Å². The van der Waals surface area contributed by atoms with E-state index in [1.807, 2.05) is 43.6 Å². The van der Waals surface area contributed by atoms with Crippen LogP contribution in [-0.4, -0.2) is 30.5 Å². The van der Waals surface area contributed by atoms with Crippen LogP contribution in [0.2, 0.25) is 0 Å². The Morgan fingerprint density at radius 3 is 2.42 bits per heavy atom. The number of rotatable bonds is 5. The van der Waals surface area contributed by atoms with Crippen molar-refractivity contribution in [3.05, 3.63) is 66.0 Å². The summed E-state index contributed by atoms with van der Waals surface area (Å²) in [6.07, 6.45) is 3.92. The van der Waals surface area contributed by atoms with Gasteiger partial charge in [-0.3, -0.25) is 4.79 Å². The molecule has 0 unspecified atom stereocenters. The molecule has 1 aromatic heterocycles. The smallest absolute Gasteiger partial charge is 0.328 e. The Morgan fingerprint density at radius 2 is 1.83 bits per heavy atom. The summed E-state index contributed by atoms with van der Waals surface area (Å²) in [7, 11) is 3.15. The molecule has 2 aromatic rings. The topological polar surface area (TPSA) is 90.8 Å². The second kappa shape index (κ2) is 10.7. The molecule has 6 nitrogen and oxygen atoms in total. The number of aryl methyl sites for hydroxylation is 1. The van der Waals surface area contributed by atoms with Crippen molar-refractivity contribution in [1.82, 2.24) is 5.32 Å². The van der Waals surface area contributed by atoms with Gasteiger partial charge in [0.25, 0.3) is 5.91 Å². The molecule has 2 rings (SSSR count). The number of hydrogen-bond donors (Lipinski definition) is 1. The van der Waals surface area contributed by atoms with E-state index in [0.717, 1.165) is 5.56 Å². The molecule has 7 heteroatoms. The van der Waals surface area contributed by atoms with E-state index in [0.29, 0.717) is 12.0 Å². The van der Waals surface area contributed by atoms with Crippen LogP contribution in [0.4, 0.5) is 0 Å². The van der Waals surface area contributed by atoms with E-state index >= 15 is 0 Å². The van der Waals surface area contributed by atoms with Gasteiger partial charge in [0.15, 0.2) is 12.4 Å². The lowest BCUT2D eigenvalue weighted by Crippen LogP contribution is -3.00. The molecule has 130 valence electrons. The maximum atomic E-state index is 12.3. The Kier molecular flexibility index (Phi) is 9.82. The predicted molar refractivity (Wildman–Crippen MR) is 84.6 cm³/mol. The summed E-state index contributed by atoms with van der Waals surface area (Å²) in [6, 6.07) is 12.3. The van der Waals surface area contributed by atoms with E-state index in [-0.39, 0.29) is 35.4 Å². The molecule has 0 spiro atoms. The number of halogens is 1. The number of pyridine rings is 1. The van der Waals surface area contributed by atoms with Crippen LogP contribution in [0.1, 0.15) is 15.9 Å². The minimum Gasteiger partial charge on any atom is -1.00 e. The number of aromatic nitrogens is 1. The first-order valence-electron chi connectivity index (χ1n) is 6.98. The van der Waals surface area contributed by atoms with Crippen molar-refractivity contribution in [2.75, 3.05) is 7.11 Å². The third-order valence-corrected chi connectivity index (χ3v) is 3.28. The van der Waals surface area contributed by atoms with Crippen molar-refractivity contribution >= 4 is 11.9 Å². The molecule has 3 N–H and O–H groups in total. The lowest BCUT2D eigenvalue weighted by Gasteiger charge is -2.16. The molecule has 1 amide bonds. The largest absolute Gasteiger partial charge is 1.00 e. The molecule has 0 aliphatic heterocycles. The van der Waals surface area contributed by atoms with Crippen LogP contribution in [0.15, 0.2) is 54.9 Å². The minimum absolute atomic E-state index is 0. The Hall–Kier alpha value is -2.00. The van der Waals surface area contributed by atoms with E-state index in [1.165, 1.54) is 7.11 Å². The molecule has 1 atom stereocenters. The van der Waals surface area contributed by atoms with Crippen LogP contribution in [0.25, 0.3) is 0 Å². The number of benzene rings is 1. The Labute approximate surface area is 158 Å². The van der Waals surface area contributed by atoms with Crippen molar-refractivity contribution < 1.29 is 48.3 Å². The average molecular weight is 444 g/mol. The van der Waals surface area contributed by atoms with Gasteiger partial charge in [0.2, 0.25) is 0 Å². The van der Waals surface area contributed by atoms with Gasteiger partial charge in [-0.2, -0.15) is 0 Å². The quantitative estimate of drug-likeness (QED) is 0.307. The highest BCUT2D eigenvalue weighted by molar-refractivity contribution is 5.96. The number of methoxy groups -OCH3 is 1. The number of carbonyl (C=O) groups is 2. The normalized spacial score (nSPS) is 10.6. The Balaban J connectivity index is 0.00000264. The van der Waals surface area contributed by atoms with Crippen molar-refractivity contribution in [3.63, 3.8) is 0 Å². The zero-order valence-electron chi connectivity index (χ0n) is 13.5. The molecule has 0 fully saturated rings. The minimum atomic E-state index is -0.717. The number of ether oxygens (including phenoxy) is 1. The lowest BCUT2D eigenvalue weighted by atomic mass is 10.1. The fraction of sp³-hybridized carbons (Fsp3) is 0.235. The summed E-state index contributed by atoms with van der Waals surface area (Å²) in [6.45, 7) is 0. The maximum Gasteiger partial charge on any atom is 0.328 e. The van der Waals surface area contributed by atoms with Gasteiger partial charge >= 0.3 is 5.97 Å². The summed E-state index contributed by atoms with van der Waals surface area (Å²) in [5.41, 5.74) is 1.45. The lowest BCUT2D eigenvalue weighted by molar-refractivity contribution is -0.671. The monoisotopic (exact) mass is 444 g/mol. The number of amides is 1. The van der Waals surface area contributed by atoms with Crippen LogP contribution < -0.4 is 33.9 Å². The molecule has 0 aliphatic rings. The van der Waals surface area contributed by atoms with E-state index in [4.69, 9.17) is 4.74 Å². The highest BCUT2D eigenvalue weighted by Gasteiger charge is 2.23. The summed E-state index contributed by atoms with van der Waals surface area (Å²) in [5.74, 6) is -0.764. The molecule has 0 aliphatic carbocycles. The van der Waals surface area contributed by atoms with Gasteiger partial charge in [-0.15, -0.1) is 0 Å². The second-order valence-electron chi connectivity index (χ2n) is 5.00. The molecule has 24 heavy (non-hydrogen) atoms. The van der Waals surface area contributed by atoms with E-state index in [1.54, 1.807) is 22.9 Å². The maximum absolute atomic E-state index is 12.3. The summed E-state index contributed by atoms with van der Waals surface area (Å²) < 4.78 is 6.56. The van der Waals surface area contributed by atoms with Crippen LogP contribution in [0.3, 0.4) is 0 Å². The summed E-state index contributed by atoms with van der Waals surface area (Å²) in [4.78, 5) is 24.2. The van der Waals surface area contributed by atoms with E-state index < -0.39 is 12.0 Å². The van der Waals surface area contributed by atoms with Crippen LogP contribution in [0.5, 0.6) is 0 Å². The van der Waals surface area contributed by atoms with Gasteiger partial charge in [0.1, 0.15) is 18.7 Å². The van der Waals surface area contributed by atoms with Gasteiger partial charge in [-0.25, -0.2) is 9.36 Å². The van der Waals surface area contributed by atoms with Crippen molar-refractivity contribution in [1.29, 1.82) is 0 Å². The molecule has 0 saturated heterocycles. The number of carbonyl (C=O) groups excluding carboxylic acids is 2. The third-order valence-electron chi connectivity index (χ3n) is 3.28. The van der Waals surface area contributed by atoms with Gasteiger partial charge < -0.3 is 39.5 Å². The molecular weight excluding hydrogens is 423 g/mol. The fourth-order valence-corrected chi connectivity index (χ4v) is 2.15. The highest BCUT2D eigenvalue weighted by Crippen LogP contribution is 2.06. The molecule has 0 radical (unpaired) electrons. The second-order valence-corrected chi connectivity index (χ2v) is 5.00. The molecular formula is C17H21IN2O4. The van der Waals surface area contributed by atoms with Gasteiger partial charge in [-0.05, 0) is 11.6 Å². The Bertz CT molecular complexity index is 665.